The molecule has 0 radical (unpaired) electrons. The molecule has 4 nitrogen and oxygen atoms in total. The van der Waals surface area contributed by atoms with Crippen LogP contribution in [0.3, 0.4) is 0 Å². The molecule has 34 heavy (non-hydrogen) atoms. The molecule has 4 heteroatoms. The molecule has 4 fully saturated rings. The molecule has 4 saturated carbocycles. The van der Waals surface area contributed by atoms with Crippen molar-refractivity contribution < 1.29 is 19.8 Å². The van der Waals surface area contributed by atoms with Gasteiger partial charge in [-0.15, -0.1) is 0 Å². The van der Waals surface area contributed by atoms with Gasteiger partial charge in [-0.05, 0) is 110 Å². The van der Waals surface area contributed by atoms with E-state index in [9.17, 15) is 19.8 Å². The Morgan fingerprint density at radius 3 is 2.21 bits per heavy atom. The van der Waals surface area contributed by atoms with E-state index < -0.39 is 11.4 Å². The molecule has 0 aliphatic heterocycles. The van der Waals surface area contributed by atoms with E-state index in [1.165, 1.54) is 5.57 Å². The van der Waals surface area contributed by atoms with Crippen LogP contribution in [0, 0.1) is 50.2 Å². The fourth-order valence-corrected chi connectivity index (χ4v) is 10.4. The van der Waals surface area contributed by atoms with Gasteiger partial charge in [-0.3, -0.25) is 9.59 Å². The van der Waals surface area contributed by atoms with Crippen LogP contribution in [0.15, 0.2) is 11.6 Å². The van der Waals surface area contributed by atoms with Gasteiger partial charge in [-0.2, -0.15) is 0 Å². The van der Waals surface area contributed by atoms with E-state index in [0.29, 0.717) is 12.3 Å². The molecule has 0 amide bonds. The van der Waals surface area contributed by atoms with E-state index in [-0.39, 0.29) is 50.8 Å². The topological polar surface area (TPSA) is 74.6 Å². The largest absolute Gasteiger partial charge is 0.481 e. The Morgan fingerprint density at radius 1 is 0.912 bits per heavy atom. The summed E-state index contributed by atoms with van der Waals surface area (Å²) in [4.78, 5) is 26.4. The van der Waals surface area contributed by atoms with Crippen LogP contribution in [0.4, 0.5) is 0 Å². The maximum atomic E-state index is 14.2. The molecule has 0 heterocycles. The van der Waals surface area contributed by atoms with Crippen molar-refractivity contribution in [2.45, 2.75) is 112 Å². The Balaban J connectivity index is 1.62. The number of ketones is 1. The summed E-state index contributed by atoms with van der Waals surface area (Å²) >= 11 is 0. The Morgan fingerprint density at radius 2 is 1.56 bits per heavy atom. The highest BCUT2D eigenvalue weighted by atomic mass is 16.4. The van der Waals surface area contributed by atoms with Gasteiger partial charge in [0.2, 0.25) is 0 Å². The Labute approximate surface area is 206 Å². The molecule has 0 bridgehead atoms. The minimum atomic E-state index is -0.711. The number of hydrogen-bond donors (Lipinski definition) is 2. The third-order valence-electron chi connectivity index (χ3n) is 13.1. The Kier molecular flexibility index (Phi) is 5.04. The van der Waals surface area contributed by atoms with Crippen molar-refractivity contribution in [3.63, 3.8) is 0 Å². The van der Waals surface area contributed by atoms with E-state index >= 15 is 0 Å². The zero-order valence-corrected chi connectivity index (χ0v) is 22.5. The first kappa shape index (κ1) is 24.5. The van der Waals surface area contributed by atoms with E-state index in [4.69, 9.17) is 0 Å². The minimum Gasteiger partial charge on any atom is -0.481 e. The lowest BCUT2D eigenvalue weighted by Gasteiger charge is -2.70. The number of aliphatic carboxylic acids is 1. The first-order valence-electron chi connectivity index (χ1n) is 13.7. The van der Waals surface area contributed by atoms with Gasteiger partial charge < -0.3 is 10.2 Å². The maximum absolute atomic E-state index is 14.2. The minimum absolute atomic E-state index is 0.0296. The monoisotopic (exact) mass is 470 g/mol. The lowest BCUT2D eigenvalue weighted by Crippen LogP contribution is -2.66. The van der Waals surface area contributed by atoms with E-state index in [2.05, 4.69) is 41.5 Å². The second-order valence-corrected chi connectivity index (χ2v) is 14.9. The second-order valence-electron chi connectivity index (χ2n) is 14.9. The summed E-state index contributed by atoms with van der Waals surface area (Å²) in [6.07, 6.45) is 9.95. The highest BCUT2D eigenvalue weighted by Crippen LogP contribution is 2.75. The molecule has 5 aliphatic carbocycles. The van der Waals surface area contributed by atoms with Crippen LogP contribution < -0.4 is 0 Å². The quantitative estimate of drug-likeness (QED) is 0.464. The number of carbonyl (C=O) groups is 2. The van der Waals surface area contributed by atoms with Crippen molar-refractivity contribution in [2.24, 2.45) is 50.2 Å². The fraction of sp³-hybridized carbons (Fsp3) is 0.867. The zero-order chi connectivity index (χ0) is 25.1. The van der Waals surface area contributed by atoms with Crippen molar-refractivity contribution >= 4 is 11.8 Å². The normalized spacial score (nSPS) is 54.1. The highest BCUT2D eigenvalue weighted by Gasteiger charge is 2.70. The van der Waals surface area contributed by atoms with Crippen molar-refractivity contribution in [3.05, 3.63) is 11.6 Å². The van der Waals surface area contributed by atoms with E-state index in [1.54, 1.807) is 0 Å². The van der Waals surface area contributed by atoms with Crippen LogP contribution in [0.1, 0.15) is 106 Å². The van der Waals surface area contributed by atoms with Gasteiger partial charge in [-0.1, -0.05) is 47.1 Å². The van der Waals surface area contributed by atoms with Crippen LogP contribution in [0.25, 0.3) is 0 Å². The first-order chi connectivity index (χ1) is 15.6. The van der Waals surface area contributed by atoms with Crippen LogP contribution in [-0.2, 0) is 9.59 Å². The molecule has 2 N–H and O–H groups in total. The van der Waals surface area contributed by atoms with Crippen LogP contribution in [0.5, 0.6) is 0 Å². The number of hydrogen-bond acceptors (Lipinski definition) is 3. The average molecular weight is 471 g/mol. The first-order valence-corrected chi connectivity index (χ1v) is 13.7. The number of carboxylic acids is 1. The molecule has 0 aromatic rings. The standard InChI is InChI=1S/C30H46O4/c1-25(2)21-8-11-30(7)23(28(21,5)10-9-22(25)32)20(31)16-18-19-17-27(4,24(33)34)13-12-26(19,3)14-15-29(18,30)6/h16,19,21-23,32H,8-15,17H2,1-7H3,(H,33,34)/t19-,21+,22+,23-,26-,27+,28+,29+,30-/m0/s1. The zero-order valence-electron chi connectivity index (χ0n) is 22.5. The number of carbonyl (C=O) groups excluding carboxylic acids is 1. The summed E-state index contributed by atoms with van der Waals surface area (Å²) in [5.41, 5.74) is 0.142. The molecular formula is C30H46O4. The van der Waals surface area contributed by atoms with Gasteiger partial charge in [0, 0.05) is 5.92 Å². The summed E-state index contributed by atoms with van der Waals surface area (Å²) in [6, 6.07) is 0. The van der Waals surface area contributed by atoms with Crippen molar-refractivity contribution in [1.82, 2.24) is 0 Å². The molecule has 0 spiro atoms. The summed E-state index contributed by atoms with van der Waals surface area (Å²) in [6.45, 7) is 15.8. The number of aliphatic hydroxyl groups excluding tert-OH is 1. The predicted molar refractivity (Wildman–Crippen MR) is 133 cm³/mol. The van der Waals surface area contributed by atoms with Crippen molar-refractivity contribution in [2.75, 3.05) is 0 Å². The Bertz CT molecular complexity index is 965. The summed E-state index contributed by atoms with van der Waals surface area (Å²) in [7, 11) is 0. The van der Waals surface area contributed by atoms with Crippen molar-refractivity contribution in [1.29, 1.82) is 0 Å². The van der Waals surface area contributed by atoms with Crippen LogP contribution in [-0.4, -0.2) is 28.1 Å². The van der Waals surface area contributed by atoms with Gasteiger partial charge in [0.1, 0.15) is 0 Å². The molecule has 5 aliphatic rings. The van der Waals surface area contributed by atoms with Crippen molar-refractivity contribution in [3.8, 4) is 0 Å². The maximum Gasteiger partial charge on any atom is 0.309 e. The number of aliphatic hydroxyl groups is 1. The molecule has 9 atom stereocenters. The fourth-order valence-electron chi connectivity index (χ4n) is 10.4. The third kappa shape index (κ3) is 2.81. The molecular weight excluding hydrogens is 424 g/mol. The lowest BCUT2D eigenvalue weighted by molar-refractivity contribution is -0.202. The lowest BCUT2D eigenvalue weighted by atomic mass is 9.33. The molecule has 5 rings (SSSR count). The van der Waals surface area contributed by atoms with Gasteiger partial charge in [0.15, 0.2) is 5.78 Å². The summed E-state index contributed by atoms with van der Waals surface area (Å²) in [5.74, 6) is 0.0603. The highest BCUT2D eigenvalue weighted by molar-refractivity contribution is 5.95. The van der Waals surface area contributed by atoms with E-state index in [0.717, 1.165) is 51.4 Å². The average Bonchev–Trinajstić information content (AvgIpc) is 2.73. The van der Waals surface area contributed by atoms with Crippen LogP contribution >= 0.6 is 0 Å². The number of carboxylic acid groups (broad SMARTS) is 1. The molecule has 0 saturated heterocycles. The smallest absolute Gasteiger partial charge is 0.309 e. The third-order valence-corrected chi connectivity index (χ3v) is 13.1. The molecule has 0 aromatic heterocycles. The molecule has 190 valence electrons. The van der Waals surface area contributed by atoms with E-state index in [1.807, 2.05) is 13.0 Å². The van der Waals surface area contributed by atoms with Gasteiger partial charge in [-0.25, -0.2) is 0 Å². The van der Waals surface area contributed by atoms with Gasteiger partial charge in [0.25, 0.3) is 0 Å². The predicted octanol–water partition coefficient (Wildman–Crippen LogP) is 6.41. The number of rotatable bonds is 1. The molecule has 0 aromatic carbocycles. The second kappa shape index (κ2) is 6.99. The Hall–Kier alpha value is -1.16. The van der Waals surface area contributed by atoms with Gasteiger partial charge in [0.05, 0.1) is 11.5 Å². The SMILES string of the molecule is CC1(C)[C@H](O)CC[C@]2(C)[C@@H]1CC[C@@]1(C)[C@H]2C(=O)C=C2[C@@H]3C[C@](C)(C(=O)O)CC[C@@]3(C)CC[C@]21C. The number of allylic oxidation sites excluding steroid dienone is 2. The summed E-state index contributed by atoms with van der Waals surface area (Å²) in [5, 5.41) is 20.9. The summed E-state index contributed by atoms with van der Waals surface area (Å²) < 4.78 is 0. The van der Waals surface area contributed by atoms with Gasteiger partial charge >= 0.3 is 5.97 Å². The van der Waals surface area contributed by atoms with Crippen LogP contribution in [0.2, 0.25) is 0 Å². The molecule has 0 unspecified atom stereocenters. The number of fused-ring (bicyclic) bond motifs is 7.